The zero-order chi connectivity index (χ0) is 11.3. The van der Waals surface area contributed by atoms with E-state index in [1.54, 1.807) is 12.2 Å². The Morgan fingerprint density at radius 2 is 2.40 bits per heavy atom. The minimum Gasteiger partial charge on any atom is -0.481 e. The van der Waals surface area contributed by atoms with Gasteiger partial charge in [0.2, 0.25) is 5.88 Å². The summed E-state index contributed by atoms with van der Waals surface area (Å²) in [6.45, 7) is 0. The number of aromatic nitrogens is 1. The summed E-state index contributed by atoms with van der Waals surface area (Å²) in [5.74, 6) is 0.356. The van der Waals surface area contributed by atoms with Gasteiger partial charge < -0.3 is 4.74 Å². The van der Waals surface area contributed by atoms with Crippen molar-refractivity contribution in [2.45, 2.75) is 0 Å². The Bertz CT molecular complexity index is 393. The monoisotopic (exact) mass is 272 g/mol. The van der Waals surface area contributed by atoms with E-state index in [2.05, 4.69) is 20.9 Å². The Hall–Kier alpha value is -1.43. The van der Waals surface area contributed by atoms with Gasteiger partial charge in [-0.05, 0) is 6.08 Å². The van der Waals surface area contributed by atoms with Gasteiger partial charge in [-0.15, -0.1) is 0 Å². The highest BCUT2D eigenvalue weighted by molar-refractivity contribution is 9.09. The van der Waals surface area contributed by atoms with Crippen LogP contribution >= 0.6 is 15.9 Å². The first-order chi connectivity index (χ1) is 7.19. The van der Waals surface area contributed by atoms with Crippen LogP contribution in [0.1, 0.15) is 5.69 Å². The van der Waals surface area contributed by atoms with E-state index in [-0.39, 0.29) is 5.69 Å². The minimum atomic E-state index is -0.472. The summed E-state index contributed by atoms with van der Waals surface area (Å²) < 4.78 is 4.89. The van der Waals surface area contributed by atoms with Crippen LogP contribution in [0, 0.1) is 10.1 Å². The highest BCUT2D eigenvalue weighted by Crippen LogP contribution is 2.21. The summed E-state index contributed by atoms with van der Waals surface area (Å²) in [5, 5.41) is 11.3. The number of hydrogen-bond acceptors (Lipinski definition) is 4. The van der Waals surface area contributed by atoms with Gasteiger partial charge in [0.05, 0.1) is 12.0 Å². The molecule has 0 radical (unpaired) electrons. The lowest BCUT2D eigenvalue weighted by Crippen LogP contribution is -1.96. The lowest BCUT2D eigenvalue weighted by Gasteiger charge is -2.00. The molecule has 1 aromatic rings. The van der Waals surface area contributed by atoms with Gasteiger partial charge >= 0.3 is 0 Å². The van der Waals surface area contributed by atoms with Crippen molar-refractivity contribution in [1.29, 1.82) is 0 Å². The highest BCUT2D eigenvalue weighted by atomic mass is 79.9. The van der Waals surface area contributed by atoms with Crippen molar-refractivity contribution in [2.24, 2.45) is 0 Å². The third kappa shape index (κ3) is 3.02. The number of rotatable bonds is 4. The van der Waals surface area contributed by atoms with Crippen LogP contribution in [-0.2, 0) is 0 Å². The minimum absolute atomic E-state index is 0.0343. The van der Waals surface area contributed by atoms with Crippen molar-refractivity contribution in [2.75, 3.05) is 12.4 Å². The van der Waals surface area contributed by atoms with Crippen LogP contribution in [0.25, 0.3) is 6.08 Å². The van der Waals surface area contributed by atoms with E-state index in [9.17, 15) is 10.1 Å². The van der Waals surface area contributed by atoms with Gasteiger partial charge in [0.25, 0.3) is 5.69 Å². The maximum atomic E-state index is 10.7. The van der Waals surface area contributed by atoms with Crippen molar-refractivity contribution in [3.63, 3.8) is 0 Å². The number of hydrogen-bond donors (Lipinski definition) is 0. The highest BCUT2D eigenvalue weighted by Gasteiger charge is 2.13. The number of methoxy groups -OCH3 is 1. The molecule has 0 amide bonds. The summed E-state index contributed by atoms with van der Waals surface area (Å²) in [5.41, 5.74) is 0.256. The molecule has 0 aliphatic heterocycles. The number of pyridine rings is 1. The second-order valence-electron chi connectivity index (χ2n) is 2.57. The molecular weight excluding hydrogens is 264 g/mol. The van der Waals surface area contributed by atoms with Crippen molar-refractivity contribution in [3.05, 3.63) is 34.0 Å². The Morgan fingerprint density at radius 1 is 1.67 bits per heavy atom. The molecule has 0 fully saturated rings. The van der Waals surface area contributed by atoms with E-state index < -0.39 is 4.92 Å². The quantitative estimate of drug-likeness (QED) is 0.480. The van der Waals surface area contributed by atoms with Gasteiger partial charge in [-0.1, -0.05) is 22.0 Å². The summed E-state index contributed by atoms with van der Waals surface area (Å²) >= 11 is 3.19. The van der Waals surface area contributed by atoms with Gasteiger partial charge in [-0.3, -0.25) is 10.1 Å². The second-order valence-corrected chi connectivity index (χ2v) is 3.22. The van der Waals surface area contributed by atoms with Crippen molar-refractivity contribution in [1.82, 2.24) is 4.98 Å². The van der Waals surface area contributed by atoms with E-state index in [0.29, 0.717) is 16.9 Å². The van der Waals surface area contributed by atoms with E-state index >= 15 is 0 Å². The molecule has 1 aromatic heterocycles. The largest absolute Gasteiger partial charge is 0.481 e. The fraction of sp³-hybridized carbons (Fsp3) is 0.222. The van der Waals surface area contributed by atoms with Crippen LogP contribution in [0.4, 0.5) is 5.69 Å². The molecule has 0 saturated heterocycles. The molecule has 0 atom stereocenters. The van der Waals surface area contributed by atoms with Crippen LogP contribution in [0.5, 0.6) is 5.88 Å². The molecule has 5 nitrogen and oxygen atoms in total. The maximum Gasteiger partial charge on any atom is 0.295 e. The molecule has 6 heteroatoms. The molecular formula is C9H9BrN2O3. The van der Waals surface area contributed by atoms with E-state index in [1.807, 2.05) is 0 Å². The molecule has 15 heavy (non-hydrogen) atoms. The van der Waals surface area contributed by atoms with Crippen LogP contribution in [0.15, 0.2) is 18.2 Å². The summed E-state index contributed by atoms with van der Waals surface area (Å²) in [6.07, 6.45) is 3.31. The molecule has 0 N–H and O–H groups in total. The Labute approximate surface area is 95.1 Å². The van der Waals surface area contributed by atoms with Gasteiger partial charge in [0, 0.05) is 17.5 Å². The molecule has 0 unspecified atom stereocenters. The van der Waals surface area contributed by atoms with Crippen LogP contribution in [0.3, 0.4) is 0 Å². The first-order valence-corrected chi connectivity index (χ1v) is 5.23. The first kappa shape index (κ1) is 11.6. The van der Waals surface area contributed by atoms with Gasteiger partial charge in [0.1, 0.15) is 5.69 Å². The first-order valence-electron chi connectivity index (χ1n) is 4.11. The zero-order valence-corrected chi connectivity index (χ0v) is 9.60. The number of nitro groups is 1. The normalized spacial score (nSPS) is 10.5. The summed E-state index contributed by atoms with van der Waals surface area (Å²) in [7, 11) is 1.46. The summed E-state index contributed by atoms with van der Waals surface area (Å²) in [6, 6.07) is 2.84. The van der Waals surface area contributed by atoms with E-state index in [1.165, 1.54) is 19.2 Å². The summed E-state index contributed by atoms with van der Waals surface area (Å²) in [4.78, 5) is 14.2. The molecule has 0 aliphatic carbocycles. The third-order valence-electron chi connectivity index (χ3n) is 1.65. The predicted octanol–water partition coefficient (Wildman–Crippen LogP) is 2.41. The molecule has 0 aromatic carbocycles. The molecule has 0 spiro atoms. The fourth-order valence-electron chi connectivity index (χ4n) is 0.996. The van der Waals surface area contributed by atoms with Gasteiger partial charge in [-0.2, -0.15) is 0 Å². The van der Waals surface area contributed by atoms with Crippen LogP contribution in [-0.4, -0.2) is 22.3 Å². The second kappa shape index (κ2) is 5.45. The lowest BCUT2D eigenvalue weighted by atomic mass is 10.3. The number of ether oxygens (including phenoxy) is 1. The lowest BCUT2D eigenvalue weighted by molar-refractivity contribution is -0.385. The Morgan fingerprint density at radius 3 is 2.93 bits per heavy atom. The molecule has 1 heterocycles. The van der Waals surface area contributed by atoms with Crippen molar-refractivity contribution < 1.29 is 9.66 Å². The molecule has 1 rings (SSSR count). The molecule has 0 saturated carbocycles. The SMILES string of the molecule is COc1ccc([N+](=O)[O-])c(C=CCBr)n1. The maximum absolute atomic E-state index is 10.7. The van der Waals surface area contributed by atoms with E-state index in [0.717, 1.165) is 0 Å². The number of allylic oxidation sites excluding steroid dienone is 1. The van der Waals surface area contributed by atoms with Gasteiger partial charge in [0.15, 0.2) is 0 Å². The predicted molar refractivity (Wildman–Crippen MR) is 60.3 cm³/mol. The average molecular weight is 273 g/mol. The fourth-order valence-corrected chi connectivity index (χ4v) is 1.18. The van der Waals surface area contributed by atoms with Crippen molar-refractivity contribution >= 4 is 27.7 Å². The average Bonchev–Trinajstić information content (AvgIpc) is 2.25. The smallest absolute Gasteiger partial charge is 0.295 e. The van der Waals surface area contributed by atoms with E-state index in [4.69, 9.17) is 4.74 Å². The van der Waals surface area contributed by atoms with Gasteiger partial charge in [-0.25, -0.2) is 4.98 Å². The number of halogens is 1. The topological polar surface area (TPSA) is 65.3 Å². The molecule has 0 aliphatic rings. The Balaban J connectivity index is 3.16. The number of nitrogens with zero attached hydrogens (tertiary/aromatic N) is 2. The standard InChI is InChI=1S/C9H9BrN2O3/c1-15-9-5-4-8(12(13)14)7(11-9)3-2-6-10/h2-5H,6H2,1H3. The van der Waals surface area contributed by atoms with Crippen LogP contribution < -0.4 is 4.74 Å². The molecule has 80 valence electrons. The third-order valence-corrected chi connectivity index (χ3v) is 2.02. The zero-order valence-electron chi connectivity index (χ0n) is 8.01. The molecule has 0 bridgehead atoms. The Kier molecular flexibility index (Phi) is 4.23. The van der Waals surface area contributed by atoms with Crippen LogP contribution in [0.2, 0.25) is 0 Å². The van der Waals surface area contributed by atoms with Crippen molar-refractivity contribution in [3.8, 4) is 5.88 Å². The number of alkyl halides is 1.